The van der Waals surface area contributed by atoms with Crippen LogP contribution in [-0.4, -0.2) is 51.0 Å². The first-order valence-electron chi connectivity index (χ1n) is 12.0. The van der Waals surface area contributed by atoms with E-state index in [9.17, 15) is 31.8 Å². The van der Waals surface area contributed by atoms with Crippen LogP contribution in [0.3, 0.4) is 0 Å². The van der Waals surface area contributed by atoms with Gasteiger partial charge in [0.15, 0.2) is 15.5 Å². The molecule has 0 spiro atoms. The van der Waals surface area contributed by atoms with Crippen molar-refractivity contribution in [2.24, 2.45) is 5.92 Å². The summed E-state index contributed by atoms with van der Waals surface area (Å²) < 4.78 is 68.3. The Kier molecular flexibility index (Phi) is 7.25. The number of alkyl halides is 3. The Bertz CT molecular complexity index is 1420. The average molecular weight is 542 g/mol. The average Bonchev–Trinajstić information content (AvgIpc) is 3.18. The van der Waals surface area contributed by atoms with Gasteiger partial charge >= 0.3 is 6.18 Å². The molecular formula is C24H30F3N5O4S. The zero-order valence-electron chi connectivity index (χ0n) is 21.0. The quantitative estimate of drug-likeness (QED) is 0.464. The summed E-state index contributed by atoms with van der Waals surface area (Å²) in [6, 6.07) is 2.51. The van der Waals surface area contributed by atoms with E-state index in [2.05, 4.69) is 9.97 Å². The van der Waals surface area contributed by atoms with Crippen molar-refractivity contribution in [2.75, 3.05) is 17.7 Å². The summed E-state index contributed by atoms with van der Waals surface area (Å²) in [5.41, 5.74) is -0.247. The number of hydrogen-bond donors (Lipinski definition) is 2. The summed E-state index contributed by atoms with van der Waals surface area (Å²) in [5, 5.41) is 20.0. The van der Waals surface area contributed by atoms with E-state index in [0.717, 1.165) is 12.5 Å². The minimum atomic E-state index is -4.78. The molecule has 0 saturated heterocycles. The van der Waals surface area contributed by atoms with Gasteiger partial charge in [0, 0.05) is 31.1 Å². The van der Waals surface area contributed by atoms with Crippen LogP contribution in [0, 0.1) is 5.92 Å². The SMILES string of the molecule is CCCC(O)c1cnc(N2CCn3c(nc4cc(CO)c(S(C)(=O)=O)cc43)C2C(C)C)nc1C(F)(F)F. The summed E-state index contributed by atoms with van der Waals surface area (Å²) in [4.78, 5) is 14.5. The van der Waals surface area contributed by atoms with E-state index in [1.807, 2.05) is 18.4 Å². The lowest BCUT2D eigenvalue weighted by atomic mass is 10.00. The molecule has 4 rings (SSSR count). The van der Waals surface area contributed by atoms with E-state index >= 15 is 0 Å². The fourth-order valence-corrected chi connectivity index (χ4v) is 5.86. The van der Waals surface area contributed by atoms with Crippen molar-refractivity contribution in [1.82, 2.24) is 19.5 Å². The third-order valence-corrected chi connectivity index (χ3v) is 7.76. The number of nitrogens with zero attached hydrogens (tertiary/aromatic N) is 5. The monoisotopic (exact) mass is 541 g/mol. The molecular weight excluding hydrogens is 511 g/mol. The van der Waals surface area contributed by atoms with Gasteiger partial charge in [-0.3, -0.25) is 0 Å². The van der Waals surface area contributed by atoms with Crippen LogP contribution in [0.25, 0.3) is 11.0 Å². The smallest absolute Gasteiger partial charge is 0.392 e. The van der Waals surface area contributed by atoms with Gasteiger partial charge in [-0.2, -0.15) is 13.2 Å². The van der Waals surface area contributed by atoms with Gasteiger partial charge in [-0.05, 0) is 30.0 Å². The highest BCUT2D eigenvalue weighted by Gasteiger charge is 2.40. The number of aliphatic hydroxyl groups excluding tert-OH is 2. The summed E-state index contributed by atoms with van der Waals surface area (Å²) >= 11 is 0. The van der Waals surface area contributed by atoms with Crippen LogP contribution < -0.4 is 4.90 Å². The zero-order chi connectivity index (χ0) is 27.3. The van der Waals surface area contributed by atoms with Crippen molar-refractivity contribution < 1.29 is 31.8 Å². The second-order valence-electron chi connectivity index (χ2n) is 9.66. The lowest BCUT2D eigenvalue weighted by molar-refractivity contribution is -0.143. The van der Waals surface area contributed by atoms with E-state index in [1.54, 1.807) is 11.8 Å². The minimum Gasteiger partial charge on any atom is -0.392 e. The molecule has 0 fully saturated rings. The van der Waals surface area contributed by atoms with Gasteiger partial charge in [0.2, 0.25) is 5.95 Å². The molecule has 202 valence electrons. The van der Waals surface area contributed by atoms with Gasteiger partial charge in [-0.15, -0.1) is 0 Å². The van der Waals surface area contributed by atoms with Gasteiger partial charge in [0.1, 0.15) is 5.82 Å². The molecule has 3 aromatic rings. The van der Waals surface area contributed by atoms with Gasteiger partial charge in [-0.1, -0.05) is 27.2 Å². The van der Waals surface area contributed by atoms with E-state index < -0.39 is 40.5 Å². The molecule has 2 N–H and O–H groups in total. The highest BCUT2D eigenvalue weighted by Crippen LogP contribution is 2.40. The molecule has 13 heteroatoms. The Morgan fingerprint density at radius 1 is 1.19 bits per heavy atom. The number of benzene rings is 1. The molecule has 0 saturated carbocycles. The maximum atomic E-state index is 13.9. The third-order valence-electron chi connectivity index (χ3n) is 6.58. The molecule has 1 aliphatic rings. The topological polar surface area (TPSA) is 121 Å². The standard InChI is InChI=1S/C24H30F3N5O4S/c1-5-6-18(34)15-11-28-23(30-21(15)24(25,26)27)32-8-7-31-17-10-19(37(4,35)36)14(12-33)9-16(17)29-22(31)20(32)13(2)3/h9-11,13,18,20,33-34H,5-8,12H2,1-4H3. The van der Waals surface area contributed by atoms with Crippen LogP contribution in [-0.2, 0) is 29.2 Å². The molecule has 0 amide bonds. The third kappa shape index (κ3) is 5.04. The zero-order valence-corrected chi connectivity index (χ0v) is 21.8. The molecule has 1 aromatic carbocycles. The van der Waals surface area contributed by atoms with Gasteiger partial charge in [-0.25, -0.2) is 23.4 Å². The summed E-state index contributed by atoms with van der Waals surface area (Å²) in [7, 11) is -3.62. The molecule has 0 bridgehead atoms. The normalized spacial score (nSPS) is 17.5. The molecule has 9 nitrogen and oxygen atoms in total. The maximum absolute atomic E-state index is 13.9. The number of aliphatic hydroxyl groups is 2. The van der Waals surface area contributed by atoms with E-state index in [4.69, 9.17) is 4.98 Å². The Balaban J connectivity index is 1.85. The number of hydrogen-bond acceptors (Lipinski definition) is 8. The van der Waals surface area contributed by atoms with Crippen molar-refractivity contribution >= 4 is 26.8 Å². The van der Waals surface area contributed by atoms with Gasteiger partial charge in [0.25, 0.3) is 0 Å². The van der Waals surface area contributed by atoms with Crippen LogP contribution in [0.5, 0.6) is 0 Å². The molecule has 0 aliphatic carbocycles. The van der Waals surface area contributed by atoms with Crippen LogP contribution in [0.2, 0.25) is 0 Å². The Morgan fingerprint density at radius 2 is 1.89 bits per heavy atom. The second-order valence-corrected chi connectivity index (χ2v) is 11.6. The predicted molar refractivity (Wildman–Crippen MR) is 131 cm³/mol. The summed E-state index contributed by atoms with van der Waals surface area (Å²) in [6.07, 6.45) is -3.34. The number of fused-ring (bicyclic) bond motifs is 3. The first kappa shape index (κ1) is 27.3. The van der Waals surface area contributed by atoms with Crippen LogP contribution in [0.15, 0.2) is 23.2 Å². The largest absolute Gasteiger partial charge is 0.433 e. The van der Waals surface area contributed by atoms with Crippen molar-refractivity contribution in [2.45, 2.75) is 70.0 Å². The van der Waals surface area contributed by atoms with E-state index in [-0.39, 0.29) is 40.9 Å². The molecule has 0 radical (unpaired) electrons. The highest BCUT2D eigenvalue weighted by atomic mass is 32.2. The number of rotatable bonds is 7. The number of imidazole rings is 1. The van der Waals surface area contributed by atoms with Crippen LogP contribution in [0.4, 0.5) is 19.1 Å². The fourth-order valence-electron chi connectivity index (χ4n) is 4.93. The Morgan fingerprint density at radius 3 is 2.46 bits per heavy atom. The first-order chi connectivity index (χ1) is 17.3. The first-order valence-corrected chi connectivity index (χ1v) is 13.9. The molecule has 2 unspecified atom stereocenters. The number of aromatic nitrogens is 4. The van der Waals surface area contributed by atoms with E-state index in [0.29, 0.717) is 29.8 Å². The van der Waals surface area contributed by atoms with Gasteiger partial charge in [0.05, 0.1) is 34.7 Å². The lowest BCUT2D eigenvalue weighted by Gasteiger charge is -2.38. The molecule has 2 aromatic heterocycles. The molecule has 3 heterocycles. The van der Waals surface area contributed by atoms with Crippen molar-refractivity contribution in [1.29, 1.82) is 0 Å². The molecule has 2 atom stereocenters. The van der Waals surface area contributed by atoms with Crippen molar-refractivity contribution in [3.05, 3.63) is 41.0 Å². The molecule has 1 aliphatic heterocycles. The highest BCUT2D eigenvalue weighted by molar-refractivity contribution is 7.90. The fraction of sp³-hybridized carbons (Fsp3) is 0.542. The maximum Gasteiger partial charge on any atom is 0.433 e. The van der Waals surface area contributed by atoms with Crippen LogP contribution >= 0.6 is 0 Å². The van der Waals surface area contributed by atoms with Crippen molar-refractivity contribution in [3.8, 4) is 0 Å². The van der Waals surface area contributed by atoms with Crippen LogP contribution in [0.1, 0.15) is 68.4 Å². The van der Waals surface area contributed by atoms with Crippen molar-refractivity contribution in [3.63, 3.8) is 0 Å². The summed E-state index contributed by atoms with van der Waals surface area (Å²) in [6.45, 7) is 5.65. The number of anilines is 1. The summed E-state index contributed by atoms with van der Waals surface area (Å²) in [5.74, 6) is 0.300. The lowest BCUT2D eigenvalue weighted by Crippen LogP contribution is -2.42. The Hall–Kier alpha value is -2.77. The number of halogens is 3. The molecule has 37 heavy (non-hydrogen) atoms. The predicted octanol–water partition coefficient (Wildman–Crippen LogP) is 3.79. The number of sulfone groups is 1. The second kappa shape index (κ2) is 9.84. The van der Waals surface area contributed by atoms with E-state index in [1.165, 1.54) is 12.1 Å². The minimum absolute atomic E-state index is 0.00750. The Labute approximate surface area is 212 Å². The van der Waals surface area contributed by atoms with Gasteiger partial charge < -0.3 is 19.7 Å².